The lowest BCUT2D eigenvalue weighted by molar-refractivity contribution is -0.130. The van der Waals surface area contributed by atoms with E-state index in [1.54, 1.807) is 24.3 Å². The topological polar surface area (TPSA) is 78.5 Å². The molecule has 1 unspecified atom stereocenters. The zero-order chi connectivity index (χ0) is 18.5. The van der Waals surface area contributed by atoms with Crippen LogP contribution in [-0.4, -0.2) is 35.2 Å². The van der Waals surface area contributed by atoms with E-state index in [1.165, 1.54) is 12.8 Å². The third-order valence-corrected chi connectivity index (χ3v) is 5.19. The first-order valence-corrected chi connectivity index (χ1v) is 9.57. The maximum absolute atomic E-state index is 12.6. The van der Waals surface area contributed by atoms with Crippen LogP contribution in [0.2, 0.25) is 0 Å². The molecule has 1 saturated heterocycles. The fourth-order valence-corrected chi connectivity index (χ4v) is 3.85. The van der Waals surface area contributed by atoms with E-state index in [2.05, 4.69) is 10.6 Å². The van der Waals surface area contributed by atoms with Gasteiger partial charge in [0.2, 0.25) is 17.7 Å². The molecule has 3 amide bonds. The quantitative estimate of drug-likeness (QED) is 0.821. The fourth-order valence-electron chi connectivity index (χ4n) is 3.85. The van der Waals surface area contributed by atoms with E-state index in [4.69, 9.17) is 0 Å². The molecular weight excluding hydrogens is 330 g/mol. The molecule has 0 radical (unpaired) electrons. The van der Waals surface area contributed by atoms with E-state index in [0.29, 0.717) is 30.4 Å². The molecule has 140 valence electrons. The molecule has 1 aliphatic heterocycles. The van der Waals surface area contributed by atoms with Gasteiger partial charge in [0.15, 0.2) is 0 Å². The van der Waals surface area contributed by atoms with Crippen LogP contribution in [0.3, 0.4) is 0 Å². The van der Waals surface area contributed by atoms with Gasteiger partial charge in [-0.2, -0.15) is 0 Å². The molecule has 2 aliphatic rings. The van der Waals surface area contributed by atoms with Crippen LogP contribution >= 0.6 is 0 Å². The van der Waals surface area contributed by atoms with Crippen LogP contribution in [0.1, 0.15) is 51.9 Å². The van der Waals surface area contributed by atoms with E-state index in [-0.39, 0.29) is 30.1 Å². The van der Waals surface area contributed by atoms with Crippen molar-refractivity contribution in [3.8, 4) is 0 Å². The maximum atomic E-state index is 12.6. The second-order valence-electron chi connectivity index (χ2n) is 7.25. The molecular formula is C20H27N3O3. The Morgan fingerprint density at radius 2 is 1.85 bits per heavy atom. The smallest absolute Gasteiger partial charge is 0.229 e. The van der Waals surface area contributed by atoms with Crippen LogP contribution in [0.4, 0.5) is 11.4 Å². The molecule has 1 aromatic carbocycles. The van der Waals surface area contributed by atoms with Crippen molar-refractivity contribution in [1.29, 1.82) is 0 Å². The van der Waals surface area contributed by atoms with Gasteiger partial charge in [0, 0.05) is 36.8 Å². The number of benzene rings is 1. The van der Waals surface area contributed by atoms with Crippen molar-refractivity contribution in [2.24, 2.45) is 5.92 Å². The van der Waals surface area contributed by atoms with Crippen LogP contribution in [0.15, 0.2) is 24.3 Å². The SMILES string of the molecule is CCCC(=O)Nc1cccc(NC(=O)C2CC(=O)N(C3CCCC3)C2)c1. The summed E-state index contributed by atoms with van der Waals surface area (Å²) in [6.45, 7) is 2.47. The molecule has 0 spiro atoms. The molecule has 6 heteroatoms. The van der Waals surface area contributed by atoms with Crippen molar-refractivity contribution in [3.05, 3.63) is 24.3 Å². The number of amides is 3. The molecule has 1 aliphatic carbocycles. The number of carbonyl (C=O) groups is 3. The van der Waals surface area contributed by atoms with Gasteiger partial charge >= 0.3 is 0 Å². The zero-order valence-electron chi connectivity index (χ0n) is 15.3. The number of anilines is 2. The molecule has 1 heterocycles. The molecule has 2 fully saturated rings. The summed E-state index contributed by atoms with van der Waals surface area (Å²) in [4.78, 5) is 38.5. The Balaban J connectivity index is 1.58. The lowest BCUT2D eigenvalue weighted by atomic mass is 10.1. The number of hydrogen-bond acceptors (Lipinski definition) is 3. The number of likely N-dealkylation sites (tertiary alicyclic amines) is 1. The number of carbonyl (C=O) groups excluding carboxylic acids is 3. The van der Waals surface area contributed by atoms with Crippen molar-refractivity contribution in [1.82, 2.24) is 4.90 Å². The predicted octanol–water partition coefficient (Wildman–Crippen LogP) is 3.15. The van der Waals surface area contributed by atoms with E-state index in [1.807, 2.05) is 11.8 Å². The molecule has 2 N–H and O–H groups in total. The minimum Gasteiger partial charge on any atom is -0.339 e. The summed E-state index contributed by atoms with van der Waals surface area (Å²) >= 11 is 0. The second-order valence-corrected chi connectivity index (χ2v) is 7.25. The zero-order valence-corrected chi connectivity index (χ0v) is 15.3. The largest absolute Gasteiger partial charge is 0.339 e. The highest BCUT2D eigenvalue weighted by Crippen LogP contribution is 2.30. The Labute approximate surface area is 154 Å². The van der Waals surface area contributed by atoms with Gasteiger partial charge in [-0.1, -0.05) is 25.8 Å². The Bertz CT molecular complexity index is 683. The van der Waals surface area contributed by atoms with Crippen LogP contribution in [0.5, 0.6) is 0 Å². The Morgan fingerprint density at radius 3 is 2.54 bits per heavy atom. The van der Waals surface area contributed by atoms with E-state index in [9.17, 15) is 14.4 Å². The minimum absolute atomic E-state index is 0.0374. The maximum Gasteiger partial charge on any atom is 0.229 e. The molecule has 0 aromatic heterocycles. The summed E-state index contributed by atoms with van der Waals surface area (Å²) < 4.78 is 0. The van der Waals surface area contributed by atoms with Gasteiger partial charge in [0.25, 0.3) is 0 Å². The highest BCUT2D eigenvalue weighted by molar-refractivity contribution is 5.98. The third-order valence-electron chi connectivity index (χ3n) is 5.19. The van der Waals surface area contributed by atoms with Crippen LogP contribution in [0, 0.1) is 5.92 Å². The van der Waals surface area contributed by atoms with Gasteiger partial charge in [-0.25, -0.2) is 0 Å². The van der Waals surface area contributed by atoms with E-state index >= 15 is 0 Å². The first-order valence-electron chi connectivity index (χ1n) is 9.57. The average Bonchev–Trinajstić information content (AvgIpc) is 3.24. The molecule has 26 heavy (non-hydrogen) atoms. The molecule has 1 saturated carbocycles. The van der Waals surface area contributed by atoms with Crippen LogP contribution < -0.4 is 10.6 Å². The van der Waals surface area contributed by atoms with Gasteiger partial charge in [-0.15, -0.1) is 0 Å². The van der Waals surface area contributed by atoms with Crippen molar-refractivity contribution in [2.45, 2.75) is 57.9 Å². The predicted molar refractivity (Wildman–Crippen MR) is 101 cm³/mol. The van der Waals surface area contributed by atoms with Crippen molar-refractivity contribution in [3.63, 3.8) is 0 Å². The molecule has 0 bridgehead atoms. The first kappa shape index (κ1) is 18.4. The summed E-state index contributed by atoms with van der Waals surface area (Å²) in [5.41, 5.74) is 1.30. The summed E-state index contributed by atoms with van der Waals surface area (Å²) in [6, 6.07) is 7.44. The molecule has 3 rings (SSSR count). The highest BCUT2D eigenvalue weighted by Gasteiger charge is 2.38. The summed E-state index contributed by atoms with van der Waals surface area (Å²) in [5, 5.41) is 5.72. The minimum atomic E-state index is -0.304. The van der Waals surface area contributed by atoms with Crippen LogP contribution in [-0.2, 0) is 14.4 Å². The van der Waals surface area contributed by atoms with Gasteiger partial charge in [-0.05, 0) is 37.5 Å². The van der Waals surface area contributed by atoms with E-state index in [0.717, 1.165) is 19.3 Å². The van der Waals surface area contributed by atoms with Gasteiger partial charge in [0.1, 0.15) is 0 Å². The van der Waals surface area contributed by atoms with Gasteiger partial charge < -0.3 is 15.5 Å². The Kier molecular flexibility index (Phi) is 5.91. The number of rotatable bonds is 6. The van der Waals surface area contributed by atoms with E-state index < -0.39 is 0 Å². The van der Waals surface area contributed by atoms with Gasteiger partial charge in [0.05, 0.1) is 5.92 Å². The number of nitrogens with one attached hydrogen (secondary N) is 2. The van der Waals surface area contributed by atoms with Crippen molar-refractivity contribution in [2.75, 3.05) is 17.2 Å². The fraction of sp³-hybridized carbons (Fsp3) is 0.550. The van der Waals surface area contributed by atoms with Crippen molar-refractivity contribution >= 4 is 29.1 Å². The summed E-state index contributed by atoms with van der Waals surface area (Å²) in [7, 11) is 0. The second kappa shape index (κ2) is 8.34. The summed E-state index contributed by atoms with van der Waals surface area (Å²) in [5.74, 6) is -0.375. The molecule has 1 aromatic rings. The standard InChI is InChI=1S/C20H27N3O3/c1-2-6-18(24)21-15-7-5-8-16(12-15)22-20(26)14-11-19(25)23(13-14)17-9-3-4-10-17/h5,7-8,12,14,17H,2-4,6,9-11,13H2,1H3,(H,21,24)(H,22,26). The van der Waals surface area contributed by atoms with Crippen LogP contribution in [0.25, 0.3) is 0 Å². The average molecular weight is 357 g/mol. The molecule has 6 nitrogen and oxygen atoms in total. The lowest BCUT2D eigenvalue weighted by Crippen LogP contribution is -2.35. The summed E-state index contributed by atoms with van der Waals surface area (Å²) in [6.07, 6.45) is 5.99. The number of nitrogens with zero attached hydrogens (tertiary/aromatic N) is 1. The normalized spacial score (nSPS) is 20.4. The monoisotopic (exact) mass is 357 g/mol. The Morgan fingerprint density at radius 1 is 1.15 bits per heavy atom. The lowest BCUT2D eigenvalue weighted by Gasteiger charge is -2.23. The first-order chi connectivity index (χ1) is 12.6. The Hall–Kier alpha value is -2.37. The number of hydrogen-bond donors (Lipinski definition) is 2. The third kappa shape index (κ3) is 4.42. The highest BCUT2D eigenvalue weighted by atomic mass is 16.2. The molecule has 1 atom stereocenters. The van der Waals surface area contributed by atoms with Gasteiger partial charge in [-0.3, -0.25) is 14.4 Å². The van der Waals surface area contributed by atoms with Crippen molar-refractivity contribution < 1.29 is 14.4 Å².